The molecule has 1 atom stereocenters. The molecular formula is C20H24F3N6O2+. The van der Waals surface area contributed by atoms with Crippen molar-refractivity contribution >= 4 is 23.8 Å². The fourth-order valence-electron chi connectivity index (χ4n) is 4.30. The number of carbonyl (C=O) groups is 2. The molecule has 3 fully saturated rings. The van der Waals surface area contributed by atoms with Crippen LogP contribution in [0.1, 0.15) is 13.3 Å². The average Bonchev–Trinajstić information content (AvgIpc) is 3.06. The minimum absolute atomic E-state index is 0.0483. The highest BCUT2D eigenvalue weighted by Crippen LogP contribution is 2.36. The zero-order valence-corrected chi connectivity index (χ0v) is 17.0. The first-order chi connectivity index (χ1) is 14.7. The van der Waals surface area contributed by atoms with E-state index in [0.717, 1.165) is 19.3 Å². The van der Waals surface area contributed by atoms with Gasteiger partial charge in [0.1, 0.15) is 12.2 Å². The first kappa shape index (κ1) is 21.3. The maximum Gasteiger partial charge on any atom is 0.322 e. The molecule has 11 heteroatoms. The van der Waals surface area contributed by atoms with Crippen molar-refractivity contribution in [3.8, 4) is 0 Å². The second-order valence-electron chi connectivity index (χ2n) is 8.42. The lowest BCUT2D eigenvalue weighted by Gasteiger charge is -2.38. The Balaban J connectivity index is 1.53. The third-order valence-corrected chi connectivity index (χ3v) is 6.15. The quantitative estimate of drug-likeness (QED) is 0.411. The van der Waals surface area contributed by atoms with Crippen LogP contribution in [0.25, 0.3) is 0 Å². The van der Waals surface area contributed by atoms with Gasteiger partial charge in [0.15, 0.2) is 23.1 Å². The van der Waals surface area contributed by atoms with Crippen molar-refractivity contribution < 1.29 is 28.1 Å². The fourth-order valence-corrected chi connectivity index (χ4v) is 4.30. The highest BCUT2D eigenvalue weighted by molar-refractivity contribution is 5.91. The Bertz CT molecular complexity index is 955. The number of likely N-dealkylation sites (tertiary alicyclic amines) is 1. The number of halogens is 3. The Morgan fingerprint density at radius 3 is 2.55 bits per heavy atom. The van der Waals surface area contributed by atoms with Gasteiger partial charge in [0, 0.05) is 55.5 Å². The number of benzene rings is 1. The number of allylic oxidation sites excluding steroid dienone is 1. The number of hydrogen-bond acceptors (Lipinski definition) is 4. The molecule has 3 saturated heterocycles. The molecule has 31 heavy (non-hydrogen) atoms. The lowest BCUT2D eigenvalue weighted by molar-refractivity contribution is -0.621. The number of piperazine rings is 1. The SMILES string of the molecule is C[C@H]1C[NH2+]/C(=C(\C=N)N2CC3(CNC3)CC2=O)CN1C(=O)Nc1cc(F)c(F)c(F)c1. The minimum Gasteiger partial charge on any atom is -0.315 e. The van der Waals surface area contributed by atoms with Crippen LogP contribution >= 0.6 is 0 Å². The number of anilines is 1. The zero-order valence-electron chi connectivity index (χ0n) is 17.0. The van der Waals surface area contributed by atoms with Gasteiger partial charge < -0.3 is 31.2 Å². The number of nitrogens with two attached hydrogens (primary N) is 1. The van der Waals surface area contributed by atoms with E-state index in [1.165, 1.54) is 4.90 Å². The average molecular weight is 437 g/mol. The van der Waals surface area contributed by atoms with Gasteiger partial charge in [0.25, 0.3) is 0 Å². The van der Waals surface area contributed by atoms with Gasteiger partial charge in [0.2, 0.25) is 5.91 Å². The Kier molecular flexibility index (Phi) is 5.48. The number of rotatable bonds is 3. The van der Waals surface area contributed by atoms with Gasteiger partial charge >= 0.3 is 6.03 Å². The molecule has 0 aliphatic carbocycles. The number of amides is 3. The number of urea groups is 1. The van der Waals surface area contributed by atoms with E-state index in [1.54, 1.807) is 4.90 Å². The maximum atomic E-state index is 13.5. The summed E-state index contributed by atoms with van der Waals surface area (Å²) in [5.41, 5.74) is 0.826. The monoisotopic (exact) mass is 437 g/mol. The minimum atomic E-state index is -1.60. The van der Waals surface area contributed by atoms with Crippen LogP contribution in [-0.2, 0) is 4.79 Å². The molecule has 3 aliphatic rings. The van der Waals surface area contributed by atoms with Crippen molar-refractivity contribution in [2.24, 2.45) is 5.41 Å². The predicted molar refractivity (Wildman–Crippen MR) is 106 cm³/mol. The molecule has 1 aromatic carbocycles. The summed E-state index contributed by atoms with van der Waals surface area (Å²) in [6.07, 6.45) is 1.55. The Labute approximate surface area is 177 Å². The summed E-state index contributed by atoms with van der Waals surface area (Å²) in [5.74, 6) is -4.44. The molecule has 0 unspecified atom stereocenters. The maximum absolute atomic E-state index is 13.5. The van der Waals surface area contributed by atoms with E-state index in [1.807, 2.05) is 12.2 Å². The summed E-state index contributed by atoms with van der Waals surface area (Å²) in [6, 6.07) is 0.597. The smallest absolute Gasteiger partial charge is 0.315 e. The van der Waals surface area contributed by atoms with E-state index in [-0.39, 0.29) is 29.6 Å². The van der Waals surface area contributed by atoms with Gasteiger partial charge in [-0.25, -0.2) is 18.0 Å². The first-order valence-electron chi connectivity index (χ1n) is 10.0. The molecule has 4 rings (SSSR count). The van der Waals surface area contributed by atoms with Gasteiger partial charge in [-0.05, 0) is 6.92 Å². The van der Waals surface area contributed by atoms with Crippen LogP contribution in [0.2, 0.25) is 0 Å². The summed E-state index contributed by atoms with van der Waals surface area (Å²) in [5, 5.41) is 15.4. The second-order valence-corrected chi connectivity index (χ2v) is 8.42. The van der Waals surface area contributed by atoms with Gasteiger partial charge in [-0.2, -0.15) is 0 Å². The number of quaternary nitrogens is 1. The number of nitrogens with zero attached hydrogens (tertiary/aromatic N) is 2. The number of carbonyl (C=O) groups excluding carboxylic acids is 2. The van der Waals surface area contributed by atoms with E-state index in [0.29, 0.717) is 43.0 Å². The lowest BCUT2D eigenvalue weighted by Crippen LogP contribution is -2.90. The summed E-state index contributed by atoms with van der Waals surface area (Å²) >= 11 is 0. The van der Waals surface area contributed by atoms with Gasteiger partial charge in [0.05, 0.1) is 12.6 Å². The van der Waals surface area contributed by atoms with Crippen LogP contribution in [0.4, 0.5) is 23.7 Å². The molecular weight excluding hydrogens is 413 g/mol. The highest BCUT2D eigenvalue weighted by atomic mass is 19.2. The Hall–Kier alpha value is -2.92. The van der Waals surface area contributed by atoms with Crippen molar-refractivity contribution in [1.82, 2.24) is 15.1 Å². The summed E-state index contributed by atoms with van der Waals surface area (Å²) in [4.78, 5) is 28.4. The molecule has 8 nitrogen and oxygen atoms in total. The second kappa shape index (κ2) is 7.97. The molecule has 3 heterocycles. The molecule has 0 aromatic heterocycles. The van der Waals surface area contributed by atoms with E-state index in [4.69, 9.17) is 5.41 Å². The van der Waals surface area contributed by atoms with E-state index < -0.39 is 23.5 Å². The van der Waals surface area contributed by atoms with Crippen LogP contribution < -0.4 is 16.0 Å². The lowest BCUT2D eigenvalue weighted by atomic mass is 9.81. The van der Waals surface area contributed by atoms with E-state index in [2.05, 4.69) is 10.6 Å². The summed E-state index contributed by atoms with van der Waals surface area (Å²) < 4.78 is 40.1. The third kappa shape index (κ3) is 3.90. The molecule has 0 bridgehead atoms. The van der Waals surface area contributed by atoms with E-state index in [9.17, 15) is 22.8 Å². The summed E-state index contributed by atoms with van der Waals surface area (Å²) in [7, 11) is 0. The summed E-state index contributed by atoms with van der Waals surface area (Å²) in [6.45, 7) is 4.47. The molecule has 1 aromatic rings. The largest absolute Gasteiger partial charge is 0.322 e. The van der Waals surface area contributed by atoms with Crippen LogP contribution in [0.3, 0.4) is 0 Å². The molecule has 0 saturated carbocycles. The third-order valence-electron chi connectivity index (χ3n) is 6.15. The standard InChI is InChI=1S/C20H23F3N6O2/c1-11-6-26-15(16(5-24)29-10-20(4-17(29)30)8-25-9-20)7-28(11)19(31)27-12-2-13(21)18(23)14(22)3-12/h2-3,5,11,24-26H,4,6-10H2,1H3,(H,27,31)/p+1/b16-15+,24-5?/t11-/m0/s1. The van der Waals surface area contributed by atoms with Gasteiger partial charge in [-0.15, -0.1) is 0 Å². The van der Waals surface area contributed by atoms with Crippen molar-refractivity contribution in [1.29, 1.82) is 5.41 Å². The molecule has 0 radical (unpaired) electrons. The van der Waals surface area contributed by atoms with Crippen molar-refractivity contribution in [2.45, 2.75) is 19.4 Å². The topological polar surface area (TPSA) is 105 Å². The van der Waals surface area contributed by atoms with Crippen LogP contribution in [0.5, 0.6) is 0 Å². The van der Waals surface area contributed by atoms with E-state index >= 15 is 0 Å². The predicted octanol–water partition coefficient (Wildman–Crippen LogP) is 0.586. The highest BCUT2D eigenvalue weighted by Gasteiger charge is 2.49. The van der Waals surface area contributed by atoms with Gasteiger partial charge in [-0.1, -0.05) is 0 Å². The van der Waals surface area contributed by atoms with Gasteiger partial charge in [-0.3, -0.25) is 4.79 Å². The Morgan fingerprint density at radius 1 is 1.32 bits per heavy atom. The normalized spacial score (nSPS) is 24.3. The number of hydrogen-bond donors (Lipinski definition) is 4. The molecule has 166 valence electrons. The van der Waals surface area contributed by atoms with Crippen LogP contribution in [0.15, 0.2) is 23.5 Å². The molecule has 3 aliphatic heterocycles. The zero-order chi connectivity index (χ0) is 22.3. The molecule has 5 N–H and O–H groups in total. The Morgan fingerprint density at radius 2 is 2.00 bits per heavy atom. The fraction of sp³-hybridized carbons (Fsp3) is 0.450. The van der Waals surface area contributed by atoms with Crippen molar-refractivity contribution in [3.63, 3.8) is 0 Å². The van der Waals surface area contributed by atoms with Crippen LogP contribution in [-0.4, -0.2) is 66.7 Å². The van der Waals surface area contributed by atoms with Crippen LogP contribution in [0, 0.1) is 28.3 Å². The van der Waals surface area contributed by atoms with Crippen molar-refractivity contribution in [2.75, 3.05) is 38.0 Å². The molecule has 1 spiro atoms. The number of nitrogens with one attached hydrogen (secondary N) is 3. The van der Waals surface area contributed by atoms with Crippen molar-refractivity contribution in [3.05, 3.63) is 41.0 Å². The first-order valence-corrected chi connectivity index (χ1v) is 10.0. The molecule has 3 amide bonds.